The van der Waals surface area contributed by atoms with Gasteiger partial charge in [0.05, 0.1) is 16.7 Å². The smallest absolute Gasteiger partial charge is 0.238 e. The lowest BCUT2D eigenvalue weighted by molar-refractivity contribution is 0.120. The van der Waals surface area contributed by atoms with Crippen LogP contribution in [0.4, 0.5) is 10.1 Å². The third-order valence-corrected chi connectivity index (χ3v) is 3.72. The zero-order valence-corrected chi connectivity index (χ0v) is 10.5. The molecule has 1 unspecified atom stereocenters. The Morgan fingerprint density at radius 3 is 2.83 bits per heavy atom. The van der Waals surface area contributed by atoms with Crippen LogP contribution in [0.5, 0.6) is 0 Å². The largest absolute Gasteiger partial charge is 0.380 e. The van der Waals surface area contributed by atoms with E-state index in [1.165, 1.54) is 12.1 Å². The van der Waals surface area contributed by atoms with Crippen LogP contribution >= 0.6 is 0 Å². The molecule has 1 aliphatic heterocycles. The maximum atomic E-state index is 13.6. The quantitative estimate of drug-likeness (QED) is 0.860. The maximum absolute atomic E-state index is 13.6. The summed E-state index contributed by atoms with van der Waals surface area (Å²) >= 11 is 0. The van der Waals surface area contributed by atoms with E-state index in [4.69, 9.17) is 9.88 Å². The lowest BCUT2D eigenvalue weighted by atomic mass is 10.2. The molecule has 0 aliphatic carbocycles. The third-order valence-electron chi connectivity index (χ3n) is 2.81. The number of rotatable bonds is 4. The van der Waals surface area contributed by atoms with Crippen LogP contribution in [0.2, 0.25) is 0 Å². The zero-order chi connectivity index (χ0) is 13.2. The van der Waals surface area contributed by atoms with Crippen LogP contribution in [0.1, 0.15) is 12.8 Å². The minimum atomic E-state index is -3.87. The number of hydrogen-bond acceptors (Lipinski definition) is 4. The molecule has 0 radical (unpaired) electrons. The van der Waals surface area contributed by atoms with Gasteiger partial charge < -0.3 is 10.1 Å². The highest BCUT2D eigenvalue weighted by molar-refractivity contribution is 7.89. The zero-order valence-electron chi connectivity index (χ0n) is 9.73. The van der Waals surface area contributed by atoms with Gasteiger partial charge in [0.25, 0.3) is 0 Å². The van der Waals surface area contributed by atoms with Crippen molar-refractivity contribution in [1.82, 2.24) is 0 Å². The Hall–Kier alpha value is -1.18. The summed E-state index contributed by atoms with van der Waals surface area (Å²) in [5, 5.41) is 7.81. The van der Waals surface area contributed by atoms with Crippen molar-refractivity contribution in [3.8, 4) is 0 Å². The van der Waals surface area contributed by atoms with Crippen molar-refractivity contribution in [3.63, 3.8) is 0 Å². The van der Waals surface area contributed by atoms with Crippen LogP contribution in [0, 0.1) is 5.82 Å². The number of sulfonamides is 1. The minimum absolute atomic E-state index is 0.0855. The van der Waals surface area contributed by atoms with Crippen molar-refractivity contribution in [2.75, 3.05) is 18.5 Å². The van der Waals surface area contributed by atoms with E-state index >= 15 is 0 Å². The molecule has 1 fully saturated rings. The molecule has 0 spiro atoms. The molecule has 1 aliphatic rings. The standard InChI is InChI=1S/C11H15FN2O3S/c12-10-6-9(18(13,15)16)3-4-11(10)14-7-8-2-1-5-17-8/h3-4,6,8,14H,1-2,5,7H2,(H2,13,15,16). The maximum Gasteiger partial charge on any atom is 0.238 e. The van der Waals surface area contributed by atoms with Crippen LogP contribution < -0.4 is 10.5 Å². The summed E-state index contributed by atoms with van der Waals surface area (Å²) in [5.74, 6) is -0.639. The number of primary sulfonamides is 1. The van der Waals surface area contributed by atoms with E-state index in [2.05, 4.69) is 5.32 Å². The predicted octanol–water partition coefficient (Wildman–Crippen LogP) is 1.06. The molecule has 1 heterocycles. The molecule has 100 valence electrons. The van der Waals surface area contributed by atoms with Gasteiger partial charge in [-0.05, 0) is 31.0 Å². The fourth-order valence-corrected chi connectivity index (χ4v) is 2.37. The van der Waals surface area contributed by atoms with Gasteiger partial charge in [0.1, 0.15) is 5.82 Å². The van der Waals surface area contributed by atoms with Gasteiger partial charge in [0.15, 0.2) is 0 Å². The van der Waals surface area contributed by atoms with Crippen molar-refractivity contribution in [3.05, 3.63) is 24.0 Å². The lowest BCUT2D eigenvalue weighted by Gasteiger charge is -2.12. The summed E-state index contributed by atoms with van der Waals surface area (Å²) < 4.78 is 41.1. The molecule has 7 heteroatoms. The van der Waals surface area contributed by atoms with Crippen molar-refractivity contribution < 1.29 is 17.5 Å². The average molecular weight is 274 g/mol. The first kappa shape index (κ1) is 13.3. The number of anilines is 1. The fraction of sp³-hybridized carbons (Fsp3) is 0.455. The van der Waals surface area contributed by atoms with Crippen molar-refractivity contribution in [1.29, 1.82) is 0 Å². The molecule has 0 aromatic heterocycles. The van der Waals surface area contributed by atoms with Gasteiger partial charge in [0, 0.05) is 13.2 Å². The molecule has 0 saturated carbocycles. The second-order valence-corrected chi connectivity index (χ2v) is 5.76. The first-order valence-electron chi connectivity index (χ1n) is 5.64. The number of nitrogens with two attached hydrogens (primary N) is 1. The topological polar surface area (TPSA) is 81.4 Å². The molecule has 18 heavy (non-hydrogen) atoms. The molecule has 1 atom stereocenters. The van der Waals surface area contributed by atoms with Crippen LogP contribution in [-0.2, 0) is 14.8 Å². The lowest BCUT2D eigenvalue weighted by Crippen LogP contribution is -2.19. The highest BCUT2D eigenvalue weighted by Gasteiger charge is 2.16. The van der Waals surface area contributed by atoms with Gasteiger partial charge in [-0.25, -0.2) is 17.9 Å². The van der Waals surface area contributed by atoms with Gasteiger partial charge >= 0.3 is 0 Å². The van der Waals surface area contributed by atoms with Gasteiger partial charge in [-0.15, -0.1) is 0 Å². The number of halogens is 1. The Balaban J connectivity index is 2.05. The number of ether oxygens (including phenoxy) is 1. The Morgan fingerprint density at radius 1 is 1.50 bits per heavy atom. The highest BCUT2D eigenvalue weighted by Crippen LogP contribution is 2.19. The first-order valence-corrected chi connectivity index (χ1v) is 7.19. The summed E-state index contributed by atoms with van der Waals surface area (Å²) in [6.07, 6.45) is 2.05. The van der Waals surface area contributed by atoms with E-state index in [1.54, 1.807) is 0 Å². The normalized spacial score (nSPS) is 20.0. The second kappa shape index (κ2) is 5.21. The monoisotopic (exact) mass is 274 g/mol. The highest BCUT2D eigenvalue weighted by atomic mass is 32.2. The molecule has 0 amide bonds. The Bertz CT molecular complexity index is 527. The predicted molar refractivity (Wildman–Crippen MR) is 65.2 cm³/mol. The van der Waals surface area contributed by atoms with E-state index in [9.17, 15) is 12.8 Å². The van der Waals surface area contributed by atoms with Gasteiger partial charge in [-0.1, -0.05) is 0 Å². The molecule has 3 N–H and O–H groups in total. The summed E-state index contributed by atoms with van der Waals surface area (Å²) in [4.78, 5) is -0.234. The fourth-order valence-electron chi connectivity index (χ4n) is 1.85. The molecule has 5 nitrogen and oxygen atoms in total. The Morgan fingerprint density at radius 2 is 2.28 bits per heavy atom. The van der Waals surface area contributed by atoms with Crippen LogP contribution in [0.15, 0.2) is 23.1 Å². The van der Waals surface area contributed by atoms with Crippen LogP contribution in [-0.4, -0.2) is 27.7 Å². The van der Waals surface area contributed by atoms with E-state index in [0.29, 0.717) is 6.54 Å². The SMILES string of the molecule is NS(=O)(=O)c1ccc(NCC2CCCO2)c(F)c1. The number of hydrogen-bond donors (Lipinski definition) is 2. The van der Waals surface area contributed by atoms with E-state index < -0.39 is 15.8 Å². The number of nitrogens with one attached hydrogen (secondary N) is 1. The van der Waals surface area contributed by atoms with Crippen molar-refractivity contribution in [2.45, 2.75) is 23.8 Å². The van der Waals surface area contributed by atoms with Crippen molar-refractivity contribution >= 4 is 15.7 Å². The molecular weight excluding hydrogens is 259 g/mol. The van der Waals surface area contributed by atoms with Gasteiger partial charge in [0.2, 0.25) is 10.0 Å². The van der Waals surface area contributed by atoms with E-state index in [-0.39, 0.29) is 16.7 Å². The van der Waals surface area contributed by atoms with Crippen LogP contribution in [0.25, 0.3) is 0 Å². The van der Waals surface area contributed by atoms with E-state index in [0.717, 1.165) is 25.5 Å². The molecule has 1 aromatic rings. The molecule has 2 rings (SSSR count). The van der Waals surface area contributed by atoms with Gasteiger partial charge in [-0.3, -0.25) is 0 Å². The Labute approximate surface area is 105 Å². The molecular formula is C11H15FN2O3S. The first-order chi connectivity index (χ1) is 8.47. The summed E-state index contributed by atoms with van der Waals surface area (Å²) in [7, 11) is -3.87. The Kier molecular flexibility index (Phi) is 3.84. The average Bonchev–Trinajstić information content (AvgIpc) is 2.79. The molecule has 0 bridgehead atoms. The van der Waals surface area contributed by atoms with E-state index in [1.807, 2.05) is 0 Å². The van der Waals surface area contributed by atoms with Crippen molar-refractivity contribution in [2.24, 2.45) is 5.14 Å². The number of benzene rings is 1. The summed E-state index contributed by atoms with van der Waals surface area (Å²) in [6.45, 7) is 1.24. The third kappa shape index (κ3) is 3.18. The van der Waals surface area contributed by atoms with Gasteiger partial charge in [-0.2, -0.15) is 0 Å². The molecule has 1 saturated heterocycles. The van der Waals surface area contributed by atoms with Crippen LogP contribution in [0.3, 0.4) is 0 Å². The molecule has 1 aromatic carbocycles. The minimum Gasteiger partial charge on any atom is -0.380 e. The summed E-state index contributed by atoms with van der Waals surface area (Å²) in [5.41, 5.74) is 0.248. The second-order valence-electron chi connectivity index (χ2n) is 4.20. The summed E-state index contributed by atoms with van der Waals surface area (Å²) in [6, 6.07) is 3.55.